The zero-order valence-electron chi connectivity index (χ0n) is 15.3. The summed E-state index contributed by atoms with van der Waals surface area (Å²) in [7, 11) is 1.33. The maximum Gasteiger partial charge on any atom is 0.338 e. The Balaban J connectivity index is 1.80. The number of nitrogens with one attached hydrogen (secondary N) is 1. The summed E-state index contributed by atoms with van der Waals surface area (Å²) < 4.78 is 18.6. The van der Waals surface area contributed by atoms with E-state index in [9.17, 15) is 9.18 Å². The number of carbonyl (C=O) groups is 1. The average molecular weight is 387 g/mol. The van der Waals surface area contributed by atoms with Crippen LogP contribution >= 0.6 is 0 Å². The lowest BCUT2D eigenvalue weighted by Gasteiger charge is -2.08. The van der Waals surface area contributed by atoms with Gasteiger partial charge in [-0.3, -0.25) is 0 Å². The summed E-state index contributed by atoms with van der Waals surface area (Å²) in [6.45, 7) is 0. The highest BCUT2D eigenvalue weighted by Gasteiger charge is 2.19. The standard InChI is InChI=1S/C21H14FN5O2/c1-29-21(28)15-10-18(12-7-8-23-11-12)24-16-5-6-17-20(19(15)16)26-27(25-17)14-4-2-3-13(22)9-14/h2-11,23H,1H3. The van der Waals surface area contributed by atoms with Gasteiger partial charge in [0.15, 0.2) is 0 Å². The number of carbonyl (C=O) groups excluding carboxylic acids is 1. The highest BCUT2D eigenvalue weighted by Crippen LogP contribution is 2.30. The molecular formula is C21H14FN5O2. The minimum absolute atomic E-state index is 0.339. The van der Waals surface area contributed by atoms with Crippen molar-refractivity contribution >= 4 is 27.9 Å². The molecule has 0 aliphatic rings. The van der Waals surface area contributed by atoms with E-state index in [2.05, 4.69) is 20.2 Å². The molecule has 0 saturated carbocycles. The smallest absolute Gasteiger partial charge is 0.338 e. The predicted octanol–water partition coefficient (Wildman–Crippen LogP) is 3.89. The first-order chi connectivity index (χ1) is 14.1. The van der Waals surface area contributed by atoms with Gasteiger partial charge in [-0.05, 0) is 36.4 Å². The van der Waals surface area contributed by atoms with Crippen molar-refractivity contribution in [2.75, 3.05) is 7.11 Å². The van der Waals surface area contributed by atoms with Crippen molar-refractivity contribution in [3.8, 4) is 16.9 Å². The monoisotopic (exact) mass is 387 g/mol. The van der Waals surface area contributed by atoms with Gasteiger partial charge in [-0.25, -0.2) is 14.2 Å². The Hall–Kier alpha value is -4.07. The summed E-state index contributed by atoms with van der Waals surface area (Å²) in [5.74, 6) is -0.885. The quantitative estimate of drug-likeness (QED) is 0.475. The van der Waals surface area contributed by atoms with Crippen molar-refractivity contribution in [1.82, 2.24) is 25.0 Å². The van der Waals surface area contributed by atoms with Crippen LogP contribution < -0.4 is 0 Å². The molecule has 142 valence electrons. The number of fused-ring (bicyclic) bond motifs is 3. The van der Waals surface area contributed by atoms with Crippen LogP contribution in [0, 0.1) is 5.82 Å². The number of halogens is 1. The van der Waals surface area contributed by atoms with Crippen molar-refractivity contribution in [1.29, 1.82) is 0 Å². The van der Waals surface area contributed by atoms with Crippen LogP contribution in [-0.2, 0) is 4.74 Å². The van der Waals surface area contributed by atoms with Gasteiger partial charge in [-0.2, -0.15) is 4.80 Å². The number of hydrogen-bond donors (Lipinski definition) is 1. The number of aromatic nitrogens is 5. The predicted molar refractivity (Wildman–Crippen MR) is 105 cm³/mol. The molecule has 3 heterocycles. The molecule has 0 radical (unpaired) electrons. The van der Waals surface area contributed by atoms with Gasteiger partial charge in [0, 0.05) is 29.4 Å². The van der Waals surface area contributed by atoms with Crippen LogP contribution in [0.15, 0.2) is 60.9 Å². The Labute approximate surface area is 163 Å². The molecule has 0 atom stereocenters. The third kappa shape index (κ3) is 2.82. The zero-order chi connectivity index (χ0) is 20.0. The maximum atomic E-state index is 13.6. The minimum atomic E-state index is -0.498. The van der Waals surface area contributed by atoms with Gasteiger partial charge in [0.25, 0.3) is 0 Å². The van der Waals surface area contributed by atoms with E-state index in [-0.39, 0.29) is 5.82 Å². The molecular weight excluding hydrogens is 373 g/mol. The third-order valence-electron chi connectivity index (χ3n) is 4.66. The van der Waals surface area contributed by atoms with Gasteiger partial charge in [0.05, 0.1) is 29.6 Å². The average Bonchev–Trinajstić information content (AvgIpc) is 3.42. The molecule has 2 aromatic carbocycles. The number of pyridine rings is 1. The molecule has 8 heteroatoms. The van der Waals surface area contributed by atoms with Gasteiger partial charge >= 0.3 is 5.97 Å². The summed E-state index contributed by atoms with van der Waals surface area (Å²) in [5, 5.41) is 9.47. The Morgan fingerprint density at radius 3 is 2.72 bits per heavy atom. The molecule has 0 spiro atoms. The van der Waals surface area contributed by atoms with E-state index in [1.165, 1.54) is 24.0 Å². The number of aromatic amines is 1. The first kappa shape index (κ1) is 17.1. The maximum absolute atomic E-state index is 13.6. The molecule has 3 aromatic heterocycles. The highest BCUT2D eigenvalue weighted by molar-refractivity contribution is 6.14. The van der Waals surface area contributed by atoms with E-state index in [0.29, 0.717) is 38.9 Å². The van der Waals surface area contributed by atoms with Gasteiger partial charge in [0.1, 0.15) is 16.9 Å². The van der Waals surface area contributed by atoms with Crippen LogP contribution in [0.25, 0.3) is 38.9 Å². The van der Waals surface area contributed by atoms with Crippen molar-refractivity contribution in [3.05, 3.63) is 72.3 Å². The lowest BCUT2D eigenvalue weighted by atomic mass is 10.0. The molecule has 0 aliphatic heterocycles. The van der Waals surface area contributed by atoms with Crippen LogP contribution in [0.2, 0.25) is 0 Å². The van der Waals surface area contributed by atoms with E-state index in [4.69, 9.17) is 4.74 Å². The number of hydrogen-bond acceptors (Lipinski definition) is 5. The molecule has 0 aliphatic carbocycles. The number of ether oxygens (including phenoxy) is 1. The van der Waals surface area contributed by atoms with E-state index in [1.54, 1.807) is 42.7 Å². The molecule has 0 fully saturated rings. The zero-order valence-corrected chi connectivity index (χ0v) is 15.3. The molecule has 5 rings (SSSR count). The Kier molecular flexibility index (Phi) is 3.83. The van der Waals surface area contributed by atoms with Crippen LogP contribution in [0.5, 0.6) is 0 Å². The van der Waals surface area contributed by atoms with E-state index in [1.807, 2.05) is 6.07 Å². The van der Waals surface area contributed by atoms with E-state index in [0.717, 1.165) is 5.56 Å². The normalized spacial score (nSPS) is 11.2. The summed E-state index contributed by atoms with van der Waals surface area (Å²) in [6.07, 6.45) is 3.58. The summed E-state index contributed by atoms with van der Waals surface area (Å²) in [5.41, 5.74) is 3.93. The summed E-state index contributed by atoms with van der Waals surface area (Å²) >= 11 is 0. The highest BCUT2D eigenvalue weighted by atomic mass is 19.1. The molecule has 5 aromatic rings. The molecule has 0 amide bonds. The Bertz CT molecular complexity index is 1380. The number of benzene rings is 2. The summed E-state index contributed by atoms with van der Waals surface area (Å²) in [6, 6.07) is 13.1. The molecule has 0 bridgehead atoms. The number of esters is 1. The number of rotatable bonds is 3. The van der Waals surface area contributed by atoms with Crippen LogP contribution in [0.1, 0.15) is 10.4 Å². The SMILES string of the molecule is COC(=O)c1cc(-c2cc[nH]c2)nc2ccc3nn(-c4cccc(F)c4)nc3c12. The molecule has 0 unspecified atom stereocenters. The second kappa shape index (κ2) is 6.52. The molecule has 0 saturated heterocycles. The minimum Gasteiger partial charge on any atom is -0.465 e. The van der Waals surface area contributed by atoms with Crippen molar-refractivity contribution in [2.24, 2.45) is 0 Å². The van der Waals surface area contributed by atoms with Crippen LogP contribution in [-0.4, -0.2) is 38.0 Å². The molecule has 1 N–H and O–H groups in total. The van der Waals surface area contributed by atoms with Gasteiger partial charge in [0.2, 0.25) is 0 Å². The number of nitrogens with zero attached hydrogens (tertiary/aromatic N) is 4. The Morgan fingerprint density at radius 2 is 1.97 bits per heavy atom. The van der Waals surface area contributed by atoms with Crippen molar-refractivity contribution in [2.45, 2.75) is 0 Å². The van der Waals surface area contributed by atoms with Gasteiger partial charge < -0.3 is 9.72 Å². The van der Waals surface area contributed by atoms with E-state index < -0.39 is 5.97 Å². The van der Waals surface area contributed by atoms with Crippen LogP contribution in [0.3, 0.4) is 0 Å². The van der Waals surface area contributed by atoms with Crippen molar-refractivity contribution < 1.29 is 13.9 Å². The first-order valence-corrected chi connectivity index (χ1v) is 8.82. The number of methoxy groups -OCH3 is 1. The topological polar surface area (TPSA) is 85.7 Å². The fourth-order valence-electron chi connectivity index (χ4n) is 3.32. The second-order valence-corrected chi connectivity index (χ2v) is 6.44. The first-order valence-electron chi connectivity index (χ1n) is 8.82. The molecule has 29 heavy (non-hydrogen) atoms. The van der Waals surface area contributed by atoms with Crippen LogP contribution in [0.4, 0.5) is 4.39 Å². The lowest BCUT2D eigenvalue weighted by Crippen LogP contribution is -2.04. The third-order valence-corrected chi connectivity index (χ3v) is 4.66. The fraction of sp³-hybridized carbons (Fsp3) is 0.0476. The lowest BCUT2D eigenvalue weighted by molar-refractivity contribution is 0.0603. The largest absolute Gasteiger partial charge is 0.465 e. The second-order valence-electron chi connectivity index (χ2n) is 6.44. The molecule has 7 nitrogen and oxygen atoms in total. The van der Waals surface area contributed by atoms with Crippen molar-refractivity contribution in [3.63, 3.8) is 0 Å². The van der Waals surface area contributed by atoms with Gasteiger partial charge in [-0.15, -0.1) is 10.2 Å². The Morgan fingerprint density at radius 1 is 1.10 bits per heavy atom. The summed E-state index contributed by atoms with van der Waals surface area (Å²) in [4.78, 5) is 21.6. The number of H-pyrrole nitrogens is 1. The van der Waals surface area contributed by atoms with E-state index >= 15 is 0 Å². The van der Waals surface area contributed by atoms with Gasteiger partial charge in [-0.1, -0.05) is 6.07 Å². The fourth-order valence-corrected chi connectivity index (χ4v) is 3.32.